The Bertz CT molecular complexity index is 626. The van der Waals surface area contributed by atoms with Crippen molar-refractivity contribution in [2.24, 2.45) is 10.9 Å². The molecule has 0 saturated carbocycles. The number of hydrogen-bond donors (Lipinski definition) is 2. The van der Waals surface area contributed by atoms with Gasteiger partial charge in [-0.25, -0.2) is 0 Å². The Kier molecular flexibility index (Phi) is 12.2. The Hall–Kier alpha value is -1.36. The molecule has 2 N–H and O–H groups in total. The van der Waals surface area contributed by atoms with Crippen molar-refractivity contribution in [3.63, 3.8) is 0 Å². The number of para-hydroxylation sites is 1. The molecule has 1 saturated heterocycles. The third-order valence-electron chi connectivity index (χ3n) is 4.92. The SMILES string of the molecule is CCOc1cccc(CNC(=NC)NCCC2CCN(C)CC2)c1OC(F)F.I. The van der Waals surface area contributed by atoms with Crippen LogP contribution in [0.5, 0.6) is 11.5 Å². The standard InChI is InChI=1S/C20H32F2N4O2.HI/c1-4-27-17-7-5-6-16(18(17)28-19(21)22)14-25-20(23-2)24-11-8-15-9-12-26(3)13-10-15;/h5-7,15,19H,4,8-14H2,1-3H3,(H2,23,24,25);1H. The molecule has 1 fully saturated rings. The number of rotatable bonds is 9. The fraction of sp³-hybridized carbons (Fsp3) is 0.650. The zero-order valence-corrected chi connectivity index (χ0v) is 19.7. The molecule has 9 heteroatoms. The summed E-state index contributed by atoms with van der Waals surface area (Å²) in [7, 11) is 3.85. The van der Waals surface area contributed by atoms with Gasteiger partial charge in [0.2, 0.25) is 0 Å². The number of nitrogens with zero attached hydrogens (tertiary/aromatic N) is 2. The van der Waals surface area contributed by atoms with Gasteiger partial charge in [0.05, 0.1) is 6.61 Å². The Morgan fingerprint density at radius 2 is 2.00 bits per heavy atom. The molecule has 1 aliphatic rings. The molecule has 6 nitrogen and oxygen atoms in total. The Labute approximate surface area is 189 Å². The summed E-state index contributed by atoms with van der Waals surface area (Å²) in [4.78, 5) is 6.57. The summed E-state index contributed by atoms with van der Waals surface area (Å²) in [5.41, 5.74) is 0.588. The predicted octanol–water partition coefficient (Wildman–Crippen LogP) is 3.70. The van der Waals surface area contributed by atoms with E-state index in [2.05, 4.69) is 27.6 Å². The quantitative estimate of drug-likeness (QED) is 0.292. The molecule has 0 amide bonds. The molecule has 0 unspecified atom stereocenters. The van der Waals surface area contributed by atoms with E-state index in [0.717, 1.165) is 32.0 Å². The van der Waals surface area contributed by atoms with Crippen molar-refractivity contribution >= 4 is 29.9 Å². The molecule has 1 aliphatic heterocycles. The van der Waals surface area contributed by atoms with Crippen LogP contribution < -0.4 is 20.1 Å². The van der Waals surface area contributed by atoms with E-state index in [1.165, 1.54) is 12.8 Å². The van der Waals surface area contributed by atoms with E-state index in [0.29, 0.717) is 30.4 Å². The summed E-state index contributed by atoms with van der Waals surface area (Å²) >= 11 is 0. The molecule has 2 rings (SSSR count). The smallest absolute Gasteiger partial charge is 0.387 e. The molecule has 1 heterocycles. The number of nitrogens with one attached hydrogen (secondary N) is 2. The first-order chi connectivity index (χ1) is 13.5. The van der Waals surface area contributed by atoms with Gasteiger partial charge in [0.25, 0.3) is 0 Å². The zero-order chi connectivity index (χ0) is 20.4. The number of hydrogen-bond acceptors (Lipinski definition) is 4. The van der Waals surface area contributed by atoms with Gasteiger partial charge in [-0.3, -0.25) is 4.99 Å². The number of halogens is 3. The zero-order valence-electron chi connectivity index (χ0n) is 17.4. The highest BCUT2D eigenvalue weighted by molar-refractivity contribution is 14.0. The molecular formula is C20H33F2IN4O2. The molecule has 1 aromatic rings. The van der Waals surface area contributed by atoms with Gasteiger partial charge in [-0.05, 0) is 58.3 Å². The summed E-state index contributed by atoms with van der Waals surface area (Å²) in [5, 5.41) is 6.47. The fourth-order valence-corrected chi connectivity index (χ4v) is 3.34. The van der Waals surface area contributed by atoms with Gasteiger partial charge in [-0.2, -0.15) is 8.78 Å². The van der Waals surface area contributed by atoms with E-state index in [1.54, 1.807) is 32.2 Å². The van der Waals surface area contributed by atoms with Gasteiger partial charge in [0, 0.05) is 25.7 Å². The van der Waals surface area contributed by atoms with Gasteiger partial charge in [0.1, 0.15) is 0 Å². The number of ether oxygens (including phenoxy) is 2. The van der Waals surface area contributed by atoms with Gasteiger partial charge < -0.3 is 25.0 Å². The monoisotopic (exact) mass is 526 g/mol. The van der Waals surface area contributed by atoms with Crippen LogP contribution in [0.2, 0.25) is 0 Å². The van der Waals surface area contributed by atoms with Crippen molar-refractivity contribution in [1.82, 2.24) is 15.5 Å². The summed E-state index contributed by atoms with van der Waals surface area (Å²) < 4.78 is 35.7. The van der Waals surface area contributed by atoms with Crippen LogP contribution in [0.25, 0.3) is 0 Å². The van der Waals surface area contributed by atoms with Crippen LogP contribution in [0.3, 0.4) is 0 Å². The van der Waals surface area contributed by atoms with Crippen molar-refractivity contribution in [1.29, 1.82) is 0 Å². The van der Waals surface area contributed by atoms with Gasteiger partial charge in [-0.15, -0.1) is 24.0 Å². The van der Waals surface area contributed by atoms with Crippen LogP contribution in [0.1, 0.15) is 31.7 Å². The van der Waals surface area contributed by atoms with Crippen LogP contribution in [0, 0.1) is 5.92 Å². The van der Waals surface area contributed by atoms with E-state index < -0.39 is 6.61 Å². The molecule has 0 radical (unpaired) electrons. The molecule has 0 aromatic heterocycles. The van der Waals surface area contributed by atoms with Crippen LogP contribution in [0.4, 0.5) is 8.78 Å². The van der Waals surface area contributed by atoms with Crippen molar-refractivity contribution in [3.05, 3.63) is 23.8 Å². The fourth-order valence-electron chi connectivity index (χ4n) is 3.34. The van der Waals surface area contributed by atoms with Gasteiger partial charge >= 0.3 is 6.61 Å². The lowest BCUT2D eigenvalue weighted by Crippen LogP contribution is -2.38. The maximum absolute atomic E-state index is 12.8. The predicted molar refractivity (Wildman–Crippen MR) is 123 cm³/mol. The van der Waals surface area contributed by atoms with E-state index in [1.807, 2.05) is 0 Å². The minimum Gasteiger partial charge on any atom is -0.490 e. The summed E-state index contributed by atoms with van der Waals surface area (Å²) in [5.74, 6) is 1.74. The number of guanidine groups is 1. The first kappa shape index (κ1) is 25.7. The van der Waals surface area contributed by atoms with E-state index in [9.17, 15) is 8.78 Å². The minimum atomic E-state index is -2.91. The Morgan fingerprint density at radius 1 is 1.28 bits per heavy atom. The van der Waals surface area contributed by atoms with Crippen molar-refractivity contribution in [2.45, 2.75) is 39.3 Å². The average molecular weight is 526 g/mol. The van der Waals surface area contributed by atoms with Crippen LogP contribution in [0.15, 0.2) is 23.2 Å². The lowest BCUT2D eigenvalue weighted by molar-refractivity contribution is -0.0520. The second kappa shape index (κ2) is 13.8. The number of aliphatic imine (C=N–C) groups is 1. The summed E-state index contributed by atoms with van der Waals surface area (Å²) in [6.45, 7) is 2.70. The minimum absolute atomic E-state index is 0. The normalized spacial score (nSPS) is 15.7. The highest BCUT2D eigenvalue weighted by atomic mass is 127. The third-order valence-corrected chi connectivity index (χ3v) is 4.92. The largest absolute Gasteiger partial charge is 0.490 e. The lowest BCUT2D eigenvalue weighted by atomic mass is 9.94. The van der Waals surface area contributed by atoms with Crippen molar-refractivity contribution in [3.8, 4) is 11.5 Å². The number of likely N-dealkylation sites (tertiary alicyclic amines) is 1. The number of alkyl halides is 2. The Morgan fingerprint density at radius 3 is 2.62 bits per heavy atom. The van der Waals surface area contributed by atoms with Gasteiger partial charge in [-0.1, -0.05) is 12.1 Å². The maximum Gasteiger partial charge on any atom is 0.387 e. The summed E-state index contributed by atoms with van der Waals surface area (Å²) in [6.07, 6.45) is 3.54. The van der Waals surface area contributed by atoms with Crippen LogP contribution in [-0.4, -0.2) is 57.8 Å². The second-order valence-electron chi connectivity index (χ2n) is 6.94. The molecule has 29 heavy (non-hydrogen) atoms. The molecule has 0 bridgehead atoms. The molecule has 0 atom stereocenters. The Balaban J connectivity index is 0.00000420. The van der Waals surface area contributed by atoms with Crippen molar-refractivity contribution in [2.75, 3.05) is 40.3 Å². The number of benzene rings is 1. The van der Waals surface area contributed by atoms with E-state index >= 15 is 0 Å². The van der Waals surface area contributed by atoms with E-state index in [-0.39, 0.29) is 29.7 Å². The molecule has 0 spiro atoms. The molecule has 0 aliphatic carbocycles. The van der Waals surface area contributed by atoms with E-state index in [4.69, 9.17) is 9.47 Å². The van der Waals surface area contributed by atoms with Crippen LogP contribution in [-0.2, 0) is 6.54 Å². The highest BCUT2D eigenvalue weighted by Gasteiger charge is 2.17. The second-order valence-corrected chi connectivity index (χ2v) is 6.94. The first-order valence-electron chi connectivity index (χ1n) is 9.86. The van der Waals surface area contributed by atoms with Gasteiger partial charge in [0.15, 0.2) is 17.5 Å². The topological polar surface area (TPSA) is 58.1 Å². The highest BCUT2D eigenvalue weighted by Crippen LogP contribution is 2.32. The van der Waals surface area contributed by atoms with Crippen molar-refractivity contribution < 1.29 is 18.3 Å². The first-order valence-corrected chi connectivity index (χ1v) is 9.86. The third kappa shape index (κ3) is 8.90. The number of piperidine rings is 1. The molecule has 1 aromatic carbocycles. The lowest BCUT2D eigenvalue weighted by Gasteiger charge is -2.29. The maximum atomic E-state index is 12.8. The van der Waals surface area contributed by atoms with Crippen LogP contribution >= 0.6 is 24.0 Å². The average Bonchev–Trinajstić information content (AvgIpc) is 2.68. The molecule has 166 valence electrons. The summed E-state index contributed by atoms with van der Waals surface area (Å²) in [6, 6.07) is 5.12. The molecular weight excluding hydrogens is 493 g/mol.